The van der Waals surface area contributed by atoms with E-state index in [-0.39, 0.29) is 17.2 Å². The second kappa shape index (κ2) is 8.78. The van der Waals surface area contributed by atoms with Gasteiger partial charge in [0.25, 0.3) is 5.56 Å². The van der Waals surface area contributed by atoms with Crippen LogP contribution in [0.3, 0.4) is 0 Å². The number of nitrogens with one attached hydrogen (secondary N) is 1. The number of nitrogens with zero attached hydrogens (tertiary/aromatic N) is 3. The summed E-state index contributed by atoms with van der Waals surface area (Å²) in [6.07, 6.45) is 0. The van der Waals surface area contributed by atoms with Crippen molar-refractivity contribution in [1.29, 1.82) is 0 Å². The first-order valence-corrected chi connectivity index (χ1v) is 11.7. The molecule has 0 fully saturated rings. The van der Waals surface area contributed by atoms with Gasteiger partial charge in [0.15, 0.2) is 14.8 Å². The molecule has 0 radical (unpaired) electrons. The van der Waals surface area contributed by atoms with Crippen molar-refractivity contribution >= 4 is 57.3 Å². The number of para-hydroxylation sites is 2. The van der Waals surface area contributed by atoms with E-state index >= 15 is 0 Å². The predicted octanol–water partition coefficient (Wildman–Crippen LogP) is 4.86. The summed E-state index contributed by atoms with van der Waals surface area (Å²) >= 11 is 7.98. The number of hydrogen-bond donors (Lipinski definition) is 1. The lowest BCUT2D eigenvalue weighted by Crippen LogP contribution is -2.21. The van der Waals surface area contributed by atoms with E-state index in [1.807, 2.05) is 62.4 Å². The molecule has 0 spiro atoms. The van der Waals surface area contributed by atoms with Gasteiger partial charge in [-0.05, 0) is 49.3 Å². The van der Waals surface area contributed by atoms with Gasteiger partial charge in [0.1, 0.15) is 4.70 Å². The SMILES string of the molecule is Cc1cccc(C)c1NC(=O)CSc1nc2c(sc(=S)n2-c2ccccc2)c(=O)n1C. The largest absolute Gasteiger partial charge is 0.325 e. The minimum Gasteiger partial charge on any atom is -0.325 e. The number of anilines is 1. The van der Waals surface area contributed by atoms with E-state index in [1.165, 1.54) is 27.7 Å². The van der Waals surface area contributed by atoms with Crippen LogP contribution in [0.1, 0.15) is 11.1 Å². The van der Waals surface area contributed by atoms with E-state index in [0.29, 0.717) is 19.5 Å². The Morgan fingerprint density at radius 3 is 2.48 bits per heavy atom. The number of hydrogen-bond acceptors (Lipinski definition) is 6. The highest BCUT2D eigenvalue weighted by Crippen LogP contribution is 2.26. The lowest BCUT2D eigenvalue weighted by Gasteiger charge is -2.12. The Morgan fingerprint density at radius 2 is 1.81 bits per heavy atom. The third-order valence-corrected chi connectivity index (χ3v) is 7.25. The number of thiazole rings is 1. The van der Waals surface area contributed by atoms with E-state index in [1.54, 1.807) is 11.6 Å². The smallest absolute Gasteiger partial charge is 0.273 e. The second-order valence-corrected chi connectivity index (χ2v) is 9.64. The van der Waals surface area contributed by atoms with Gasteiger partial charge in [-0.25, -0.2) is 4.98 Å². The maximum Gasteiger partial charge on any atom is 0.273 e. The highest BCUT2D eigenvalue weighted by atomic mass is 32.2. The van der Waals surface area contributed by atoms with Crippen molar-refractivity contribution < 1.29 is 4.79 Å². The summed E-state index contributed by atoms with van der Waals surface area (Å²) in [5, 5.41) is 3.43. The lowest BCUT2D eigenvalue weighted by molar-refractivity contribution is -0.113. The van der Waals surface area contributed by atoms with Gasteiger partial charge in [0.2, 0.25) is 5.91 Å². The third-order valence-electron chi connectivity index (χ3n) is 4.87. The van der Waals surface area contributed by atoms with Gasteiger partial charge in [-0.15, -0.1) is 0 Å². The van der Waals surface area contributed by atoms with Gasteiger partial charge in [-0.3, -0.25) is 18.7 Å². The van der Waals surface area contributed by atoms with Crippen LogP contribution in [0.25, 0.3) is 16.0 Å². The molecule has 158 valence electrons. The number of fused-ring (bicyclic) bond motifs is 1. The molecule has 1 amide bonds. The summed E-state index contributed by atoms with van der Waals surface area (Å²) in [6, 6.07) is 15.5. The van der Waals surface area contributed by atoms with E-state index < -0.39 is 0 Å². The fourth-order valence-electron chi connectivity index (χ4n) is 3.26. The first-order valence-electron chi connectivity index (χ1n) is 9.53. The standard InChI is InChI=1S/C22H20N4O2S3/c1-13-8-7-9-14(2)17(13)23-16(27)12-30-21-24-19-18(20(28)25(21)3)31-22(29)26(19)15-10-5-4-6-11-15/h4-11H,12H2,1-3H3,(H,23,27). The summed E-state index contributed by atoms with van der Waals surface area (Å²) < 4.78 is 4.33. The van der Waals surface area contributed by atoms with Crippen LogP contribution in [0.5, 0.6) is 0 Å². The van der Waals surface area contributed by atoms with Crippen LogP contribution >= 0.6 is 35.3 Å². The topological polar surface area (TPSA) is 68.9 Å². The Balaban J connectivity index is 1.65. The predicted molar refractivity (Wildman–Crippen MR) is 130 cm³/mol. The van der Waals surface area contributed by atoms with Crippen molar-refractivity contribution in [2.45, 2.75) is 19.0 Å². The van der Waals surface area contributed by atoms with Gasteiger partial charge < -0.3 is 5.32 Å². The van der Waals surface area contributed by atoms with Crippen LogP contribution < -0.4 is 10.9 Å². The lowest BCUT2D eigenvalue weighted by atomic mass is 10.1. The van der Waals surface area contributed by atoms with Gasteiger partial charge in [0, 0.05) is 18.4 Å². The highest BCUT2D eigenvalue weighted by molar-refractivity contribution is 7.99. The first-order chi connectivity index (χ1) is 14.9. The summed E-state index contributed by atoms with van der Waals surface area (Å²) in [5.74, 6) is -0.0163. The fourth-order valence-corrected chi connectivity index (χ4v) is 5.37. The maximum atomic E-state index is 12.9. The summed E-state index contributed by atoms with van der Waals surface area (Å²) in [4.78, 5) is 30.2. The molecule has 0 saturated carbocycles. The van der Waals surface area contributed by atoms with Crippen LogP contribution in [0.2, 0.25) is 0 Å². The molecule has 0 bridgehead atoms. The van der Waals surface area contributed by atoms with Crippen molar-refractivity contribution in [2.75, 3.05) is 11.1 Å². The van der Waals surface area contributed by atoms with Crippen LogP contribution in [0.15, 0.2) is 58.5 Å². The molecule has 1 N–H and O–H groups in total. The van der Waals surface area contributed by atoms with Gasteiger partial charge in [-0.2, -0.15) is 0 Å². The van der Waals surface area contributed by atoms with E-state index in [4.69, 9.17) is 17.2 Å². The molecule has 0 aliphatic carbocycles. The number of aromatic nitrogens is 3. The molecule has 0 unspecified atom stereocenters. The minimum absolute atomic E-state index is 0.135. The van der Waals surface area contributed by atoms with Crippen molar-refractivity contribution in [3.8, 4) is 5.69 Å². The molecule has 9 heteroatoms. The monoisotopic (exact) mass is 468 g/mol. The molecule has 4 aromatic rings. The average Bonchev–Trinajstić information content (AvgIpc) is 3.09. The normalized spacial score (nSPS) is 11.1. The van der Waals surface area contributed by atoms with Crippen LogP contribution in [-0.2, 0) is 11.8 Å². The molecule has 6 nitrogen and oxygen atoms in total. The molecule has 2 aromatic carbocycles. The Bertz CT molecular complexity index is 1380. The number of benzene rings is 2. The van der Waals surface area contributed by atoms with Crippen molar-refractivity contribution in [1.82, 2.24) is 14.1 Å². The van der Waals surface area contributed by atoms with Gasteiger partial charge >= 0.3 is 0 Å². The Labute approximate surface area is 192 Å². The number of carbonyl (C=O) groups is 1. The number of rotatable bonds is 5. The van der Waals surface area contributed by atoms with Crippen LogP contribution in [0.4, 0.5) is 5.69 Å². The molecule has 0 saturated heterocycles. The number of carbonyl (C=O) groups excluding carboxylic acids is 1. The number of aryl methyl sites for hydroxylation is 2. The Kier molecular flexibility index (Phi) is 6.08. The Hall–Kier alpha value is -2.75. The zero-order valence-corrected chi connectivity index (χ0v) is 19.7. The van der Waals surface area contributed by atoms with Gasteiger partial charge in [-0.1, -0.05) is 59.5 Å². The maximum absolute atomic E-state index is 12.9. The molecule has 2 aromatic heterocycles. The second-order valence-electron chi connectivity index (χ2n) is 7.05. The van der Waals surface area contributed by atoms with Gasteiger partial charge in [0.05, 0.1) is 5.75 Å². The van der Waals surface area contributed by atoms with Crippen molar-refractivity contribution in [3.05, 3.63) is 74.0 Å². The van der Waals surface area contributed by atoms with E-state index in [0.717, 1.165) is 22.5 Å². The van der Waals surface area contributed by atoms with Crippen LogP contribution in [0, 0.1) is 17.8 Å². The molecule has 2 heterocycles. The minimum atomic E-state index is -0.173. The quantitative estimate of drug-likeness (QED) is 0.257. The summed E-state index contributed by atoms with van der Waals surface area (Å²) in [5.41, 5.74) is 4.02. The molecule has 0 aliphatic heterocycles. The highest BCUT2D eigenvalue weighted by Gasteiger charge is 2.17. The fraction of sp³-hybridized carbons (Fsp3) is 0.182. The van der Waals surface area contributed by atoms with E-state index in [9.17, 15) is 9.59 Å². The molecule has 0 aliphatic rings. The first kappa shape index (κ1) is 21.5. The molecule has 31 heavy (non-hydrogen) atoms. The average molecular weight is 469 g/mol. The van der Waals surface area contributed by atoms with Crippen molar-refractivity contribution in [2.24, 2.45) is 7.05 Å². The number of thioether (sulfide) groups is 1. The zero-order valence-electron chi connectivity index (χ0n) is 17.2. The number of amides is 1. The molecule has 4 rings (SSSR count). The van der Waals surface area contributed by atoms with Crippen molar-refractivity contribution in [3.63, 3.8) is 0 Å². The molecular formula is C22H20N4O2S3. The molecule has 0 atom stereocenters. The molecular weight excluding hydrogens is 448 g/mol. The zero-order chi connectivity index (χ0) is 22.1. The third kappa shape index (κ3) is 4.21. The Morgan fingerprint density at radius 1 is 1.13 bits per heavy atom. The van der Waals surface area contributed by atoms with E-state index in [2.05, 4.69) is 5.32 Å². The summed E-state index contributed by atoms with van der Waals surface area (Å²) in [7, 11) is 1.66. The summed E-state index contributed by atoms with van der Waals surface area (Å²) in [6.45, 7) is 3.92. The van der Waals surface area contributed by atoms with Crippen LogP contribution in [-0.4, -0.2) is 25.8 Å².